The van der Waals surface area contributed by atoms with E-state index in [-0.39, 0.29) is 11.0 Å². The van der Waals surface area contributed by atoms with E-state index in [9.17, 15) is 0 Å². The van der Waals surface area contributed by atoms with Crippen molar-refractivity contribution in [2.24, 2.45) is 11.3 Å². The van der Waals surface area contributed by atoms with Crippen molar-refractivity contribution in [1.82, 2.24) is 0 Å². The summed E-state index contributed by atoms with van der Waals surface area (Å²) in [4.78, 5) is 0. The van der Waals surface area contributed by atoms with Gasteiger partial charge in [-0.15, -0.1) is 0 Å². The predicted molar refractivity (Wildman–Crippen MR) is 69.4 cm³/mol. The maximum Gasteiger partial charge on any atom is 0.503 e. The molecule has 0 aliphatic carbocycles. The van der Waals surface area contributed by atoms with Crippen LogP contribution >= 0.6 is 0 Å². The zero-order valence-electron chi connectivity index (χ0n) is 12.1. The first-order chi connectivity index (χ1) is 7.34. The van der Waals surface area contributed by atoms with Gasteiger partial charge in [0.05, 0.1) is 0 Å². The van der Waals surface area contributed by atoms with E-state index in [0.717, 1.165) is 6.42 Å². The van der Waals surface area contributed by atoms with E-state index in [2.05, 4.69) is 34.6 Å². The molecular weight excluding hydrogens is 220 g/mol. The lowest BCUT2D eigenvalue weighted by molar-refractivity contribution is 0.0704. The summed E-state index contributed by atoms with van der Waals surface area (Å²) in [6, 6.07) is 0. The Morgan fingerprint density at radius 1 is 1.00 bits per heavy atom. The van der Waals surface area contributed by atoms with Gasteiger partial charge in [0, 0.05) is 26.9 Å². The molecule has 0 aromatic carbocycles. The van der Waals surface area contributed by atoms with Crippen LogP contribution in [-0.4, -0.2) is 30.1 Å². The highest BCUT2D eigenvalue weighted by molar-refractivity contribution is 6.62. The minimum atomic E-state index is -2.54. The first-order valence-electron chi connectivity index (χ1n) is 6.00. The summed E-state index contributed by atoms with van der Waals surface area (Å²) < 4.78 is 16.8. The standard InChI is InChI=1S/C12H28O3Si/c1-9-12(5,10(2)3)11(4)16(13-6,14-7)15-8/h10-11H,9H2,1-8H3. The van der Waals surface area contributed by atoms with E-state index in [1.807, 2.05) is 0 Å². The fourth-order valence-corrected chi connectivity index (χ4v) is 5.30. The fraction of sp³-hybridized carbons (Fsp3) is 1.00. The zero-order valence-corrected chi connectivity index (χ0v) is 13.1. The molecule has 0 aliphatic rings. The lowest BCUT2D eigenvalue weighted by Gasteiger charge is -2.44. The molecule has 0 aromatic rings. The molecule has 0 saturated heterocycles. The highest BCUT2D eigenvalue weighted by atomic mass is 28.4. The summed E-state index contributed by atoms with van der Waals surface area (Å²) in [5, 5.41) is 0. The first-order valence-corrected chi connectivity index (χ1v) is 7.80. The fourth-order valence-electron chi connectivity index (χ4n) is 2.40. The normalized spacial score (nSPS) is 18.6. The van der Waals surface area contributed by atoms with Crippen LogP contribution in [0.2, 0.25) is 5.54 Å². The van der Waals surface area contributed by atoms with E-state index in [1.54, 1.807) is 21.3 Å². The minimum absolute atomic E-state index is 0.175. The second-order valence-electron chi connectivity index (χ2n) is 4.95. The van der Waals surface area contributed by atoms with Crippen LogP contribution in [0.5, 0.6) is 0 Å². The van der Waals surface area contributed by atoms with Crippen molar-refractivity contribution >= 4 is 8.80 Å². The molecule has 16 heavy (non-hydrogen) atoms. The Kier molecular flexibility index (Phi) is 6.18. The molecule has 0 aliphatic heterocycles. The summed E-state index contributed by atoms with van der Waals surface area (Å²) in [5.41, 5.74) is 0.457. The van der Waals surface area contributed by atoms with E-state index in [1.165, 1.54) is 0 Å². The van der Waals surface area contributed by atoms with Gasteiger partial charge < -0.3 is 13.3 Å². The molecule has 0 fully saturated rings. The van der Waals surface area contributed by atoms with E-state index < -0.39 is 8.80 Å². The third-order valence-corrected chi connectivity index (χ3v) is 7.88. The molecule has 0 heterocycles. The van der Waals surface area contributed by atoms with Crippen LogP contribution in [0.4, 0.5) is 0 Å². The molecule has 0 amide bonds. The third-order valence-electron chi connectivity index (χ3n) is 4.45. The SMILES string of the molecule is CCC(C)(C(C)C)C(C)[Si](OC)(OC)OC. The van der Waals surface area contributed by atoms with Gasteiger partial charge in [-0.05, 0) is 11.3 Å². The highest BCUT2D eigenvalue weighted by Crippen LogP contribution is 2.47. The summed E-state index contributed by atoms with van der Waals surface area (Å²) in [6.45, 7) is 11.2. The Bertz CT molecular complexity index is 188. The van der Waals surface area contributed by atoms with Crippen molar-refractivity contribution in [3.05, 3.63) is 0 Å². The number of hydrogen-bond donors (Lipinski definition) is 0. The van der Waals surface area contributed by atoms with Crippen molar-refractivity contribution in [3.8, 4) is 0 Å². The Labute approximate surface area is 102 Å². The van der Waals surface area contributed by atoms with Crippen molar-refractivity contribution in [3.63, 3.8) is 0 Å². The molecular formula is C12H28O3Si. The smallest absolute Gasteiger partial charge is 0.377 e. The Balaban J connectivity index is 5.19. The molecule has 0 rings (SSSR count). The van der Waals surface area contributed by atoms with E-state index >= 15 is 0 Å². The molecule has 3 nitrogen and oxygen atoms in total. The second kappa shape index (κ2) is 6.14. The summed E-state index contributed by atoms with van der Waals surface area (Å²) in [5.74, 6) is 0.569. The largest absolute Gasteiger partial charge is 0.503 e. The van der Waals surface area contributed by atoms with Gasteiger partial charge in [-0.25, -0.2) is 0 Å². The molecule has 2 atom stereocenters. The first kappa shape index (κ1) is 16.1. The van der Waals surface area contributed by atoms with Gasteiger partial charge in [-0.1, -0.05) is 41.0 Å². The number of rotatable bonds is 7. The van der Waals surface area contributed by atoms with Gasteiger partial charge in [-0.3, -0.25) is 0 Å². The van der Waals surface area contributed by atoms with Gasteiger partial charge in [0.2, 0.25) is 0 Å². The monoisotopic (exact) mass is 248 g/mol. The Morgan fingerprint density at radius 2 is 1.38 bits per heavy atom. The lowest BCUT2D eigenvalue weighted by atomic mass is 9.74. The van der Waals surface area contributed by atoms with Gasteiger partial charge >= 0.3 is 8.80 Å². The van der Waals surface area contributed by atoms with Gasteiger partial charge in [0.25, 0.3) is 0 Å². The van der Waals surface area contributed by atoms with Crippen LogP contribution in [0.3, 0.4) is 0 Å². The van der Waals surface area contributed by atoms with Crippen molar-refractivity contribution in [1.29, 1.82) is 0 Å². The predicted octanol–water partition coefficient (Wildman–Crippen LogP) is 3.33. The quantitative estimate of drug-likeness (QED) is 0.647. The number of hydrogen-bond acceptors (Lipinski definition) is 3. The lowest BCUT2D eigenvalue weighted by Crippen LogP contribution is -2.53. The molecule has 0 aromatic heterocycles. The molecule has 0 radical (unpaired) electrons. The average molecular weight is 248 g/mol. The molecule has 2 unspecified atom stereocenters. The maximum absolute atomic E-state index is 5.59. The zero-order chi connectivity index (χ0) is 13.0. The molecule has 4 heteroatoms. The molecule has 0 N–H and O–H groups in total. The maximum atomic E-state index is 5.59. The Hall–Kier alpha value is 0.0969. The average Bonchev–Trinajstić information content (AvgIpc) is 2.30. The van der Waals surface area contributed by atoms with Crippen molar-refractivity contribution < 1.29 is 13.3 Å². The van der Waals surface area contributed by atoms with Gasteiger partial charge in [0.15, 0.2) is 0 Å². The molecule has 0 bridgehead atoms. The summed E-state index contributed by atoms with van der Waals surface area (Å²) in [6.07, 6.45) is 1.09. The topological polar surface area (TPSA) is 27.7 Å². The molecule has 98 valence electrons. The molecule has 0 spiro atoms. The summed E-state index contributed by atoms with van der Waals surface area (Å²) >= 11 is 0. The van der Waals surface area contributed by atoms with Crippen LogP contribution in [-0.2, 0) is 13.3 Å². The van der Waals surface area contributed by atoms with Crippen molar-refractivity contribution in [2.75, 3.05) is 21.3 Å². The van der Waals surface area contributed by atoms with E-state index in [4.69, 9.17) is 13.3 Å². The summed E-state index contributed by atoms with van der Waals surface area (Å²) in [7, 11) is 2.52. The van der Waals surface area contributed by atoms with Gasteiger partial charge in [0.1, 0.15) is 0 Å². The van der Waals surface area contributed by atoms with Crippen LogP contribution < -0.4 is 0 Å². The van der Waals surface area contributed by atoms with Crippen LogP contribution in [0.1, 0.15) is 41.0 Å². The third kappa shape index (κ3) is 2.67. The second-order valence-corrected chi connectivity index (χ2v) is 8.25. The van der Waals surface area contributed by atoms with Crippen LogP contribution in [0, 0.1) is 11.3 Å². The Morgan fingerprint density at radius 3 is 1.56 bits per heavy atom. The van der Waals surface area contributed by atoms with Crippen LogP contribution in [0.25, 0.3) is 0 Å². The van der Waals surface area contributed by atoms with Crippen LogP contribution in [0.15, 0.2) is 0 Å². The van der Waals surface area contributed by atoms with Gasteiger partial charge in [-0.2, -0.15) is 0 Å². The minimum Gasteiger partial charge on any atom is -0.377 e. The van der Waals surface area contributed by atoms with Crippen molar-refractivity contribution in [2.45, 2.75) is 46.6 Å². The highest BCUT2D eigenvalue weighted by Gasteiger charge is 2.53. The molecule has 0 saturated carbocycles. The van der Waals surface area contributed by atoms with E-state index in [0.29, 0.717) is 5.92 Å².